The fourth-order valence-corrected chi connectivity index (χ4v) is 3.53. The van der Waals surface area contributed by atoms with Crippen LogP contribution in [0, 0.1) is 0 Å². The summed E-state index contributed by atoms with van der Waals surface area (Å²) in [6.45, 7) is 3.00. The van der Waals surface area contributed by atoms with Crippen LogP contribution in [0.4, 0.5) is 0 Å². The summed E-state index contributed by atoms with van der Waals surface area (Å²) in [6.07, 6.45) is 4.54. The molecular formula is C19H21N3O2S. The first-order chi connectivity index (χ1) is 12.1. The van der Waals surface area contributed by atoms with E-state index in [1.165, 1.54) is 0 Å². The van der Waals surface area contributed by atoms with Crippen molar-refractivity contribution in [1.82, 2.24) is 14.5 Å². The minimum Gasteiger partial charge on any atom is -0.268 e. The van der Waals surface area contributed by atoms with E-state index in [0.29, 0.717) is 11.4 Å². The lowest BCUT2D eigenvalue weighted by Gasteiger charge is -2.08. The van der Waals surface area contributed by atoms with Crippen molar-refractivity contribution in [3.8, 4) is 0 Å². The van der Waals surface area contributed by atoms with Gasteiger partial charge in [-0.25, -0.2) is 13.1 Å². The molecule has 0 amide bonds. The first kappa shape index (κ1) is 17.4. The number of sulfonamides is 1. The Kier molecular flexibility index (Phi) is 5.31. The van der Waals surface area contributed by atoms with Gasteiger partial charge in [-0.3, -0.25) is 4.68 Å². The topological polar surface area (TPSA) is 64.0 Å². The highest BCUT2D eigenvalue weighted by atomic mass is 32.2. The fourth-order valence-electron chi connectivity index (χ4n) is 2.51. The maximum Gasteiger partial charge on any atom is 0.240 e. The van der Waals surface area contributed by atoms with E-state index in [-0.39, 0.29) is 6.54 Å². The predicted octanol–water partition coefficient (Wildman–Crippen LogP) is 2.97. The highest BCUT2D eigenvalue weighted by Gasteiger charge is 2.13. The van der Waals surface area contributed by atoms with Gasteiger partial charge in [0, 0.05) is 18.9 Å². The minimum atomic E-state index is -3.50. The molecule has 1 heterocycles. The first-order valence-corrected chi connectivity index (χ1v) is 9.69. The quantitative estimate of drug-likeness (QED) is 0.709. The zero-order valence-electron chi connectivity index (χ0n) is 14.1. The summed E-state index contributed by atoms with van der Waals surface area (Å²) in [5.41, 5.74) is 3.15. The molecule has 0 saturated carbocycles. The summed E-state index contributed by atoms with van der Waals surface area (Å²) in [6, 6.07) is 16.7. The Balaban J connectivity index is 1.62. The smallest absolute Gasteiger partial charge is 0.240 e. The van der Waals surface area contributed by atoms with Crippen molar-refractivity contribution in [2.45, 2.75) is 31.3 Å². The van der Waals surface area contributed by atoms with Gasteiger partial charge in [-0.1, -0.05) is 43.3 Å². The van der Waals surface area contributed by atoms with Crippen molar-refractivity contribution in [1.29, 1.82) is 0 Å². The normalized spacial score (nSPS) is 11.6. The van der Waals surface area contributed by atoms with Crippen LogP contribution in [-0.2, 0) is 29.5 Å². The summed E-state index contributed by atoms with van der Waals surface area (Å²) in [4.78, 5) is 0.292. The van der Waals surface area contributed by atoms with Crippen LogP contribution in [0.1, 0.15) is 23.6 Å². The Bertz CT molecular complexity index is 900. The lowest BCUT2D eigenvalue weighted by Crippen LogP contribution is -2.23. The van der Waals surface area contributed by atoms with Gasteiger partial charge in [0.25, 0.3) is 0 Å². The molecule has 1 aromatic heterocycles. The molecule has 25 heavy (non-hydrogen) atoms. The van der Waals surface area contributed by atoms with Gasteiger partial charge in [0.15, 0.2) is 0 Å². The van der Waals surface area contributed by atoms with Crippen LogP contribution >= 0.6 is 0 Å². The van der Waals surface area contributed by atoms with Crippen LogP contribution in [0.25, 0.3) is 0 Å². The molecular weight excluding hydrogens is 334 g/mol. The first-order valence-electron chi connectivity index (χ1n) is 8.20. The molecule has 6 heteroatoms. The highest BCUT2D eigenvalue weighted by Crippen LogP contribution is 2.12. The second-order valence-corrected chi connectivity index (χ2v) is 7.61. The number of nitrogens with zero attached hydrogens (tertiary/aromatic N) is 2. The van der Waals surface area contributed by atoms with Crippen LogP contribution in [-0.4, -0.2) is 18.2 Å². The van der Waals surface area contributed by atoms with E-state index in [9.17, 15) is 8.42 Å². The average molecular weight is 355 g/mol. The molecule has 0 spiro atoms. The Morgan fingerprint density at radius 1 is 0.960 bits per heavy atom. The molecule has 0 radical (unpaired) electrons. The van der Waals surface area contributed by atoms with Gasteiger partial charge >= 0.3 is 0 Å². The largest absolute Gasteiger partial charge is 0.268 e. The molecule has 1 N–H and O–H groups in total. The number of benzene rings is 2. The van der Waals surface area contributed by atoms with Crippen LogP contribution in [0.15, 0.2) is 71.9 Å². The Morgan fingerprint density at radius 3 is 2.20 bits per heavy atom. The third-order valence-electron chi connectivity index (χ3n) is 4.03. The summed E-state index contributed by atoms with van der Waals surface area (Å²) >= 11 is 0. The average Bonchev–Trinajstić information content (AvgIpc) is 3.14. The van der Waals surface area contributed by atoms with E-state index in [1.807, 2.05) is 60.3 Å². The van der Waals surface area contributed by atoms with Gasteiger partial charge < -0.3 is 0 Å². The maximum absolute atomic E-state index is 12.4. The van der Waals surface area contributed by atoms with E-state index in [1.54, 1.807) is 18.3 Å². The molecule has 0 atom stereocenters. The molecule has 0 saturated heterocycles. The molecule has 0 aliphatic rings. The fraction of sp³-hybridized carbons (Fsp3) is 0.211. The van der Waals surface area contributed by atoms with Gasteiger partial charge in [0.1, 0.15) is 0 Å². The van der Waals surface area contributed by atoms with Crippen LogP contribution < -0.4 is 4.72 Å². The van der Waals surface area contributed by atoms with Crippen molar-refractivity contribution >= 4 is 10.0 Å². The van der Waals surface area contributed by atoms with Gasteiger partial charge in [-0.05, 0) is 41.3 Å². The number of hydrogen-bond acceptors (Lipinski definition) is 3. The summed E-state index contributed by atoms with van der Waals surface area (Å²) in [7, 11) is -3.50. The number of nitrogens with one attached hydrogen (secondary N) is 1. The number of rotatable bonds is 7. The van der Waals surface area contributed by atoms with Crippen molar-refractivity contribution < 1.29 is 8.42 Å². The molecule has 0 aliphatic carbocycles. The zero-order chi connectivity index (χ0) is 17.7. The Hall–Kier alpha value is -2.44. The van der Waals surface area contributed by atoms with Crippen LogP contribution in [0.2, 0.25) is 0 Å². The molecule has 5 nitrogen and oxygen atoms in total. The highest BCUT2D eigenvalue weighted by molar-refractivity contribution is 7.89. The summed E-state index contributed by atoms with van der Waals surface area (Å²) in [5, 5.41) is 4.17. The van der Waals surface area contributed by atoms with E-state index < -0.39 is 10.0 Å². The number of aromatic nitrogens is 2. The van der Waals surface area contributed by atoms with Gasteiger partial charge in [-0.2, -0.15) is 5.10 Å². The van der Waals surface area contributed by atoms with E-state index in [0.717, 1.165) is 23.1 Å². The molecule has 3 aromatic rings. The molecule has 3 rings (SSSR count). The van der Waals surface area contributed by atoms with Gasteiger partial charge in [-0.15, -0.1) is 0 Å². The number of aryl methyl sites for hydroxylation is 1. The van der Waals surface area contributed by atoms with E-state index in [4.69, 9.17) is 0 Å². The molecule has 2 aromatic carbocycles. The molecule has 0 bridgehead atoms. The van der Waals surface area contributed by atoms with Crippen molar-refractivity contribution in [2.24, 2.45) is 0 Å². The molecule has 130 valence electrons. The molecule has 0 fully saturated rings. The lowest BCUT2D eigenvalue weighted by atomic mass is 10.1. The van der Waals surface area contributed by atoms with Crippen molar-refractivity contribution in [3.63, 3.8) is 0 Å². The SMILES string of the molecule is CCc1ccc(S(=O)(=O)NCc2ccc(Cn3cccn3)cc2)cc1. The second-order valence-electron chi connectivity index (χ2n) is 5.84. The summed E-state index contributed by atoms with van der Waals surface area (Å²) in [5.74, 6) is 0. The molecule has 0 unspecified atom stereocenters. The standard InChI is InChI=1S/C19H21N3O2S/c1-2-16-8-10-19(11-9-16)25(23,24)21-14-17-4-6-18(7-5-17)15-22-13-3-12-20-22/h3-13,21H,2,14-15H2,1H3. The van der Waals surface area contributed by atoms with Gasteiger partial charge in [0.05, 0.1) is 11.4 Å². The third-order valence-corrected chi connectivity index (χ3v) is 5.45. The zero-order valence-corrected chi connectivity index (χ0v) is 14.9. The van der Waals surface area contributed by atoms with Gasteiger partial charge in [0.2, 0.25) is 10.0 Å². The number of hydrogen-bond donors (Lipinski definition) is 1. The third kappa shape index (κ3) is 4.55. The van der Waals surface area contributed by atoms with E-state index >= 15 is 0 Å². The van der Waals surface area contributed by atoms with Crippen LogP contribution in [0.3, 0.4) is 0 Å². The van der Waals surface area contributed by atoms with Crippen molar-refractivity contribution in [2.75, 3.05) is 0 Å². The maximum atomic E-state index is 12.4. The van der Waals surface area contributed by atoms with E-state index in [2.05, 4.69) is 9.82 Å². The monoisotopic (exact) mass is 355 g/mol. The minimum absolute atomic E-state index is 0.264. The molecule has 0 aliphatic heterocycles. The Labute approximate surface area is 148 Å². The van der Waals surface area contributed by atoms with Crippen LogP contribution in [0.5, 0.6) is 0 Å². The second kappa shape index (κ2) is 7.63. The predicted molar refractivity (Wildman–Crippen MR) is 97.6 cm³/mol. The summed E-state index contributed by atoms with van der Waals surface area (Å²) < 4.78 is 29.2. The lowest BCUT2D eigenvalue weighted by molar-refractivity contribution is 0.581. The Morgan fingerprint density at radius 2 is 1.60 bits per heavy atom. The van der Waals surface area contributed by atoms with Crippen molar-refractivity contribution in [3.05, 3.63) is 83.7 Å².